The van der Waals surface area contributed by atoms with Gasteiger partial charge in [-0.05, 0) is 19.1 Å². The maximum atomic E-state index is 5.13. The lowest BCUT2D eigenvalue weighted by atomic mass is 10.4. The molecule has 0 aromatic rings. The molecular weight excluding hydrogens is 128 g/mol. The van der Waals surface area contributed by atoms with Gasteiger partial charge in [0.2, 0.25) is 0 Å². The minimum absolute atomic E-state index is 1.24. The van der Waals surface area contributed by atoms with Gasteiger partial charge in [-0.25, -0.2) is 0 Å². The third-order valence-electron chi connectivity index (χ3n) is 1.52. The van der Waals surface area contributed by atoms with Crippen molar-refractivity contribution in [3.8, 4) is 0 Å². The lowest BCUT2D eigenvalue weighted by Gasteiger charge is -2.18. The molecule has 0 aliphatic carbocycles. The van der Waals surface area contributed by atoms with E-state index in [2.05, 4.69) is 27.1 Å². The first-order valence-corrected chi connectivity index (χ1v) is 6.67. The predicted octanol–water partition coefficient (Wildman–Crippen LogP) is 2.80. The van der Waals surface area contributed by atoms with Crippen molar-refractivity contribution in [2.45, 2.75) is 38.9 Å². The Hall–Kier alpha value is 0.177. The third-order valence-corrected chi connectivity index (χ3v) is 3.86. The largest absolute Gasteiger partial charge is 0.415 e. The maximum absolute atomic E-state index is 5.13. The monoisotopic (exact) mass is 145 g/mol. The normalized spacial score (nSPS) is 12.0. The maximum Gasteiger partial charge on any atom is 0.186 e. The molecule has 1 nitrogen and oxygen atoms in total. The summed E-state index contributed by atoms with van der Waals surface area (Å²) >= 11 is 0. The average Bonchev–Trinajstić information content (AvgIpc) is 1.84. The second kappa shape index (κ2) is 4.07. The average molecular weight is 145 g/mol. The molecule has 0 fully saturated rings. The van der Waals surface area contributed by atoms with Gasteiger partial charge in [0, 0.05) is 0 Å². The molecule has 9 heavy (non-hydrogen) atoms. The fourth-order valence-electron chi connectivity index (χ4n) is 0.675. The van der Waals surface area contributed by atoms with Crippen LogP contribution >= 0.6 is 0 Å². The molecule has 0 aliphatic heterocycles. The smallest absolute Gasteiger partial charge is 0.186 e. The molecule has 0 spiro atoms. The summed E-state index contributed by atoms with van der Waals surface area (Å²) in [6.07, 6.45) is 2.55. The fraction of sp³-hybridized carbons (Fsp3) is 0.857. The highest BCUT2D eigenvalue weighted by Gasteiger charge is 2.18. The molecule has 0 heterocycles. The highest BCUT2D eigenvalue weighted by molar-refractivity contribution is 6.71. The van der Waals surface area contributed by atoms with Crippen LogP contribution in [0.4, 0.5) is 0 Å². The number of hydrogen-bond acceptors (Lipinski definition) is 1. The van der Waals surface area contributed by atoms with Crippen LogP contribution in [0.1, 0.15) is 19.8 Å². The summed E-state index contributed by atoms with van der Waals surface area (Å²) in [5.74, 6) is 0. The molecule has 0 amide bonds. The van der Waals surface area contributed by atoms with E-state index >= 15 is 0 Å². The molecule has 0 atom stereocenters. The number of unbranched alkanes of at least 4 members (excludes halogenated alkanes) is 1. The number of hydrogen-bond donors (Lipinski definition) is 0. The second-order valence-electron chi connectivity index (χ2n) is 3.01. The standard InChI is InChI=1S/C7H17OSi/c1-5-6-7-9(3,4)8-2/h2,5-7H2,1,3-4H3. The fourth-order valence-corrected chi connectivity index (χ4v) is 2.02. The molecule has 0 aromatic heterocycles. The van der Waals surface area contributed by atoms with E-state index in [0.29, 0.717) is 0 Å². The van der Waals surface area contributed by atoms with Crippen molar-refractivity contribution in [2.24, 2.45) is 0 Å². The van der Waals surface area contributed by atoms with E-state index in [0.717, 1.165) is 0 Å². The Balaban J connectivity index is 3.33. The highest BCUT2D eigenvalue weighted by atomic mass is 28.4. The third kappa shape index (κ3) is 4.67. The lowest BCUT2D eigenvalue weighted by Crippen LogP contribution is -2.26. The van der Waals surface area contributed by atoms with E-state index in [4.69, 9.17) is 4.43 Å². The summed E-state index contributed by atoms with van der Waals surface area (Å²) < 4.78 is 5.13. The van der Waals surface area contributed by atoms with E-state index in [1.54, 1.807) is 0 Å². The molecule has 0 saturated carbocycles. The molecule has 0 rings (SSSR count). The van der Waals surface area contributed by atoms with Crippen molar-refractivity contribution in [1.82, 2.24) is 0 Å². The van der Waals surface area contributed by atoms with Gasteiger partial charge in [-0.15, -0.1) is 0 Å². The van der Waals surface area contributed by atoms with Gasteiger partial charge in [0.1, 0.15) is 0 Å². The van der Waals surface area contributed by atoms with Crippen LogP contribution in [0.25, 0.3) is 0 Å². The van der Waals surface area contributed by atoms with Crippen molar-refractivity contribution in [2.75, 3.05) is 0 Å². The van der Waals surface area contributed by atoms with Crippen molar-refractivity contribution in [1.29, 1.82) is 0 Å². The molecule has 0 bridgehead atoms. The Labute approximate surface area is 59.5 Å². The van der Waals surface area contributed by atoms with E-state index in [-0.39, 0.29) is 0 Å². The van der Waals surface area contributed by atoms with Crippen molar-refractivity contribution < 1.29 is 4.43 Å². The Kier molecular flexibility index (Phi) is 4.15. The SMILES string of the molecule is [CH2]O[Si](C)(C)CCCC. The van der Waals surface area contributed by atoms with Crippen molar-refractivity contribution in [3.63, 3.8) is 0 Å². The van der Waals surface area contributed by atoms with E-state index < -0.39 is 8.32 Å². The van der Waals surface area contributed by atoms with Gasteiger partial charge in [-0.1, -0.05) is 19.8 Å². The topological polar surface area (TPSA) is 9.23 Å². The summed E-state index contributed by atoms with van der Waals surface area (Å²) in [6.45, 7) is 6.61. The van der Waals surface area contributed by atoms with Gasteiger partial charge in [0.05, 0.1) is 7.11 Å². The van der Waals surface area contributed by atoms with Crippen molar-refractivity contribution >= 4 is 8.32 Å². The van der Waals surface area contributed by atoms with Crippen LogP contribution in [-0.2, 0) is 4.43 Å². The van der Waals surface area contributed by atoms with Crippen LogP contribution in [0.15, 0.2) is 0 Å². The first-order chi connectivity index (χ1) is 4.12. The lowest BCUT2D eigenvalue weighted by molar-refractivity contribution is 0.459. The molecule has 0 unspecified atom stereocenters. The molecule has 2 heteroatoms. The Morgan fingerprint density at radius 3 is 2.33 bits per heavy atom. The number of rotatable bonds is 4. The predicted molar refractivity (Wildman–Crippen MR) is 43.6 cm³/mol. The van der Waals surface area contributed by atoms with E-state index in [9.17, 15) is 0 Å². The van der Waals surface area contributed by atoms with Crippen LogP contribution in [0, 0.1) is 7.11 Å². The minimum atomic E-state index is -1.31. The summed E-state index contributed by atoms with van der Waals surface area (Å²) in [5.41, 5.74) is 0. The molecule has 55 valence electrons. The zero-order valence-corrected chi connectivity index (χ0v) is 7.74. The molecule has 0 aromatic carbocycles. The zero-order chi connectivity index (χ0) is 7.33. The molecule has 0 N–H and O–H groups in total. The van der Waals surface area contributed by atoms with Gasteiger partial charge in [0.15, 0.2) is 8.32 Å². The summed E-state index contributed by atoms with van der Waals surface area (Å²) in [4.78, 5) is 0. The quantitative estimate of drug-likeness (QED) is 0.553. The van der Waals surface area contributed by atoms with Crippen LogP contribution in [0.2, 0.25) is 19.1 Å². The first-order valence-electron chi connectivity index (χ1n) is 3.55. The second-order valence-corrected chi connectivity index (χ2v) is 7.32. The molecule has 0 saturated heterocycles. The zero-order valence-electron chi connectivity index (χ0n) is 6.74. The highest BCUT2D eigenvalue weighted by Crippen LogP contribution is 2.13. The van der Waals surface area contributed by atoms with Crippen LogP contribution in [0.5, 0.6) is 0 Å². The summed E-state index contributed by atoms with van der Waals surface area (Å²) in [5, 5.41) is 0. The van der Waals surface area contributed by atoms with E-state index in [1.165, 1.54) is 18.9 Å². The Morgan fingerprint density at radius 2 is 2.00 bits per heavy atom. The van der Waals surface area contributed by atoms with Gasteiger partial charge in [-0.2, -0.15) is 0 Å². The molecular formula is C7H17OSi. The van der Waals surface area contributed by atoms with E-state index in [1.807, 2.05) is 0 Å². The first kappa shape index (κ1) is 9.18. The summed E-state index contributed by atoms with van der Waals surface area (Å²) in [6, 6.07) is 1.24. The van der Waals surface area contributed by atoms with Gasteiger partial charge in [0.25, 0.3) is 0 Å². The van der Waals surface area contributed by atoms with Crippen LogP contribution in [0.3, 0.4) is 0 Å². The molecule has 1 radical (unpaired) electrons. The summed E-state index contributed by atoms with van der Waals surface area (Å²) in [7, 11) is 2.16. The minimum Gasteiger partial charge on any atom is -0.415 e. The van der Waals surface area contributed by atoms with Gasteiger partial charge >= 0.3 is 0 Å². The van der Waals surface area contributed by atoms with Gasteiger partial charge < -0.3 is 4.43 Å². The molecule has 0 aliphatic rings. The van der Waals surface area contributed by atoms with Crippen LogP contribution < -0.4 is 0 Å². The Morgan fingerprint density at radius 1 is 1.44 bits per heavy atom. The van der Waals surface area contributed by atoms with Crippen molar-refractivity contribution in [3.05, 3.63) is 7.11 Å². The van der Waals surface area contributed by atoms with Gasteiger partial charge in [-0.3, -0.25) is 0 Å². The Bertz CT molecular complexity index is 71.3. The van der Waals surface area contributed by atoms with Crippen LogP contribution in [-0.4, -0.2) is 8.32 Å².